The Morgan fingerprint density at radius 3 is 2.64 bits per heavy atom. The Morgan fingerprint density at radius 1 is 1.36 bits per heavy atom. The van der Waals surface area contributed by atoms with Crippen LogP contribution in [0.15, 0.2) is 24.4 Å². The van der Waals surface area contributed by atoms with Crippen LogP contribution in [-0.4, -0.2) is 30.2 Å². The highest BCUT2D eigenvalue weighted by Gasteiger charge is 2.14. The van der Waals surface area contributed by atoms with Gasteiger partial charge in [0.05, 0.1) is 30.0 Å². The van der Waals surface area contributed by atoms with Gasteiger partial charge in [0, 0.05) is 5.56 Å². The predicted octanol–water partition coefficient (Wildman–Crippen LogP) is 3.22. The van der Waals surface area contributed by atoms with Crippen molar-refractivity contribution >= 4 is 35.5 Å². The molecule has 0 fully saturated rings. The third-order valence-electron chi connectivity index (χ3n) is 2.39. The van der Waals surface area contributed by atoms with Crippen molar-refractivity contribution in [3.05, 3.63) is 34.4 Å². The largest absolute Gasteiger partial charge is 0.479 e. The number of methoxy groups -OCH3 is 1. The molecule has 0 spiro atoms. The molecule has 0 atom stereocenters. The minimum absolute atomic E-state index is 0.281. The summed E-state index contributed by atoms with van der Waals surface area (Å²) in [5.74, 6) is 0.595. The molecule has 1 aromatic heterocycles. The third kappa shape index (κ3) is 4.75. The summed E-state index contributed by atoms with van der Waals surface area (Å²) in [6.45, 7) is 2.66. The zero-order valence-corrected chi connectivity index (χ0v) is 13.6. The highest BCUT2D eigenvalue weighted by atomic mass is 35.5. The van der Waals surface area contributed by atoms with E-state index in [9.17, 15) is 4.79 Å². The maximum absolute atomic E-state index is 9.18. The Hall–Kier alpha value is -2.05. The first kappa shape index (κ1) is 18.0. The second kappa shape index (κ2) is 9.07. The van der Waals surface area contributed by atoms with E-state index in [0.717, 1.165) is 0 Å². The second-order valence-corrected chi connectivity index (χ2v) is 4.59. The number of nitrogens with two attached hydrogens (primary N) is 1. The Kier molecular flexibility index (Phi) is 7.42. The SMILES string of the molecule is CCOC=O.COc1nc(N)cnc1-c1cccc(Cl)c1Cl. The van der Waals surface area contributed by atoms with Gasteiger partial charge >= 0.3 is 0 Å². The number of ether oxygens (including phenoxy) is 2. The maximum atomic E-state index is 9.18. The lowest BCUT2D eigenvalue weighted by Gasteiger charge is -2.09. The number of nitrogen functional groups attached to an aromatic ring is 1. The molecular weight excluding hydrogens is 329 g/mol. The van der Waals surface area contributed by atoms with Crippen molar-refractivity contribution in [3.63, 3.8) is 0 Å². The molecule has 0 unspecified atom stereocenters. The lowest BCUT2D eigenvalue weighted by atomic mass is 10.1. The normalized spacial score (nSPS) is 9.45. The number of benzene rings is 1. The number of aromatic nitrogens is 2. The van der Waals surface area contributed by atoms with E-state index in [4.69, 9.17) is 33.7 Å². The van der Waals surface area contributed by atoms with E-state index in [1.54, 1.807) is 25.1 Å². The van der Waals surface area contributed by atoms with Gasteiger partial charge in [0.2, 0.25) is 5.88 Å². The second-order valence-electron chi connectivity index (χ2n) is 3.81. The van der Waals surface area contributed by atoms with Gasteiger partial charge in [-0.3, -0.25) is 4.79 Å². The van der Waals surface area contributed by atoms with Crippen LogP contribution in [0, 0.1) is 0 Å². The van der Waals surface area contributed by atoms with E-state index in [1.165, 1.54) is 13.3 Å². The predicted molar refractivity (Wildman–Crippen MR) is 86.1 cm³/mol. The molecule has 2 aromatic rings. The average Bonchev–Trinajstić information content (AvgIpc) is 2.52. The van der Waals surface area contributed by atoms with Crippen molar-refractivity contribution in [2.45, 2.75) is 6.92 Å². The fourth-order valence-corrected chi connectivity index (χ4v) is 1.86. The lowest BCUT2D eigenvalue weighted by molar-refractivity contribution is -0.128. The maximum Gasteiger partial charge on any atom is 0.293 e. The van der Waals surface area contributed by atoms with E-state index < -0.39 is 0 Å². The van der Waals surface area contributed by atoms with Gasteiger partial charge in [0.1, 0.15) is 11.5 Å². The van der Waals surface area contributed by atoms with E-state index in [-0.39, 0.29) is 5.82 Å². The van der Waals surface area contributed by atoms with Crippen molar-refractivity contribution in [1.82, 2.24) is 9.97 Å². The van der Waals surface area contributed by atoms with Crippen LogP contribution >= 0.6 is 23.2 Å². The van der Waals surface area contributed by atoms with Gasteiger partial charge in [0.15, 0.2) is 0 Å². The van der Waals surface area contributed by atoms with Crippen LogP contribution in [0.3, 0.4) is 0 Å². The van der Waals surface area contributed by atoms with Gasteiger partial charge < -0.3 is 15.2 Å². The van der Waals surface area contributed by atoms with E-state index >= 15 is 0 Å². The minimum atomic E-state index is 0.281. The van der Waals surface area contributed by atoms with Gasteiger partial charge in [-0.15, -0.1) is 0 Å². The quantitative estimate of drug-likeness (QED) is 0.857. The molecule has 8 heteroatoms. The van der Waals surface area contributed by atoms with Gasteiger partial charge in [-0.05, 0) is 13.0 Å². The number of halogens is 2. The van der Waals surface area contributed by atoms with E-state index in [2.05, 4.69) is 14.7 Å². The summed E-state index contributed by atoms with van der Waals surface area (Å²) in [6, 6.07) is 5.27. The van der Waals surface area contributed by atoms with Crippen LogP contribution in [0.25, 0.3) is 11.3 Å². The molecular formula is C14H15Cl2N3O3. The Morgan fingerprint density at radius 2 is 2.09 bits per heavy atom. The van der Waals surface area contributed by atoms with Crippen LogP contribution in [0.1, 0.15) is 6.92 Å². The number of nitrogens with zero attached hydrogens (tertiary/aromatic N) is 2. The van der Waals surface area contributed by atoms with E-state index in [0.29, 0.717) is 40.3 Å². The van der Waals surface area contributed by atoms with Crippen LogP contribution < -0.4 is 10.5 Å². The molecule has 0 aliphatic heterocycles. The zero-order valence-electron chi connectivity index (χ0n) is 12.0. The molecule has 6 nitrogen and oxygen atoms in total. The summed E-state index contributed by atoms with van der Waals surface area (Å²) in [4.78, 5) is 17.4. The number of carbonyl (C=O) groups excluding carboxylic acids is 1. The molecule has 118 valence electrons. The first-order chi connectivity index (χ1) is 10.5. The summed E-state index contributed by atoms with van der Waals surface area (Å²) < 4.78 is 9.27. The molecule has 0 saturated carbocycles. The number of carbonyl (C=O) groups is 1. The summed E-state index contributed by atoms with van der Waals surface area (Å²) in [7, 11) is 1.49. The van der Waals surface area contributed by atoms with Crippen molar-refractivity contribution in [2.24, 2.45) is 0 Å². The Bertz CT molecular complexity index is 639. The minimum Gasteiger partial charge on any atom is -0.479 e. The number of hydrogen-bond acceptors (Lipinski definition) is 6. The summed E-state index contributed by atoms with van der Waals surface area (Å²) in [5, 5.41) is 0.858. The topological polar surface area (TPSA) is 87.3 Å². The average molecular weight is 344 g/mol. The molecule has 1 aromatic carbocycles. The highest BCUT2D eigenvalue weighted by Crippen LogP contribution is 2.36. The molecule has 0 radical (unpaired) electrons. The molecule has 2 rings (SSSR count). The van der Waals surface area contributed by atoms with Gasteiger partial charge in [-0.25, -0.2) is 4.98 Å². The first-order valence-corrected chi connectivity index (χ1v) is 6.96. The van der Waals surface area contributed by atoms with Crippen molar-refractivity contribution in [1.29, 1.82) is 0 Å². The van der Waals surface area contributed by atoms with Crippen LogP contribution in [0.2, 0.25) is 10.0 Å². The van der Waals surface area contributed by atoms with Crippen molar-refractivity contribution in [3.8, 4) is 17.1 Å². The highest BCUT2D eigenvalue weighted by molar-refractivity contribution is 6.43. The molecule has 22 heavy (non-hydrogen) atoms. The first-order valence-electron chi connectivity index (χ1n) is 6.21. The molecule has 2 N–H and O–H groups in total. The number of hydrogen-bond donors (Lipinski definition) is 1. The van der Waals surface area contributed by atoms with Crippen LogP contribution in [0.5, 0.6) is 5.88 Å². The fraction of sp³-hybridized carbons (Fsp3) is 0.214. The van der Waals surface area contributed by atoms with Crippen LogP contribution in [-0.2, 0) is 9.53 Å². The smallest absolute Gasteiger partial charge is 0.293 e. The number of anilines is 1. The van der Waals surface area contributed by atoms with Gasteiger partial charge in [0.25, 0.3) is 6.47 Å². The van der Waals surface area contributed by atoms with Crippen molar-refractivity contribution in [2.75, 3.05) is 19.5 Å². The van der Waals surface area contributed by atoms with E-state index in [1.807, 2.05) is 0 Å². The fourth-order valence-electron chi connectivity index (χ4n) is 1.47. The summed E-state index contributed by atoms with van der Waals surface area (Å²) in [6.07, 6.45) is 1.44. The molecule has 0 bridgehead atoms. The third-order valence-corrected chi connectivity index (χ3v) is 3.21. The summed E-state index contributed by atoms with van der Waals surface area (Å²) in [5.41, 5.74) is 6.70. The molecule has 1 heterocycles. The number of rotatable bonds is 4. The lowest BCUT2D eigenvalue weighted by Crippen LogP contribution is -1.99. The molecule has 0 aliphatic carbocycles. The van der Waals surface area contributed by atoms with Crippen LogP contribution in [0.4, 0.5) is 5.82 Å². The van der Waals surface area contributed by atoms with Crippen molar-refractivity contribution < 1.29 is 14.3 Å². The zero-order chi connectivity index (χ0) is 16.5. The molecule has 0 amide bonds. The molecule has 0 saturated heterocycles. The Balaban J connectivity index is 0.000000422. The molecule has 0 aliphatic rings. The Labute approximate surface area is 138 Å². The van der Waals surface area contributed by atoms with Gasteiger partial charge in [-0.1, -0.05) is 35.3 Å². The summed E-state index contributed by atoms with van der Waals surface area (Å²) >= 11 is 12.1. The standard InChI is InChI=1S/C11H9Cl2N3O.C3H6O2/c1-17-11-10(15-5-8(14)16-11)6-3-2-4-7(12)9(6)13;1-2-5-3-4/h2-5H,1H3,(H2,14,16);3H,2H2,1H3. The van der Waals surface area contributed by atoms with Gasteiger partial charge in [-0.2, -0.15) is 4.98 Å². The monoisotopic (exact) mass is 343 g/mol.